The molecule has 1 N–H and O–H groups in total. The highest BCUT2D eigenvalue weighted by molar-refractivity contribution is 7.18. The van der Waals surface area contributed by atoms with E-state index >= 15 is 0 Å². The third kappa shape index (κ3) is 2.81. The molecule has 2 aliphatic rings. The van der Waals surface area contributed by atoms with E-state index in [-0.39, 0.29) is 5.56 Å². The summed E-state index contributed by atoms with van der Waals surface area (Å²) in [7, 11) is 2.03. The molecule has 0 unspecified atom stereocenters. The Morgan fingerprint density at radius 3 is 3.00 bits per heavy atom. The molecular weight excluding hydrogens is 346 g/mol. The van der Waals surface area contributed by atoms with E-state index in [1.54, 1.807) is 11.3 Å². The smallest absolute Gasteiger partial charge is 0.259 e. The summed E-state index contributed by atoms with van der Waals surface area (Å²) in [6, 6.07) is 4.18. The van der Waals surface area contributed by atoms with E-state index in [4.69, 9.17) is 9.40 Å². The summed E-state index contributed by atoms with van der Waals surface area (Å²) in [6.07, 6.45) is 4.50. The summed E-state index contributed by atoms with van der Waals surface area (Å²) < 4.78 is 5.99. The first-order valence-corrected chi connectivity index (χ1v) is 10.2. The molecule has 3 aromatic rings. The van der Waals surface area contributed by atoms with Crippen molar-refractivity contribution in [1.29, 1.82) is 0 Å². The first kappa shape index (κ1) is 16.3. The van der Waals surface area contributed by atoms with Crippen molar-refractivity contribution in [2.24, 2.45) is 5.92 Å². The standard InChI is InChI=1S/C20H23N3O2S/c1-11-8-14(11)15-7-6-12(25-15)9-23(2)10-17-21-19(24)18-13-4-3-5-16(13)26-20(18)22-17/h6-7,11,14H,3-5,8-10H2,1-2H3,(H,21,22,24)/t11-,14-/m1/s1. The minimum Gasteiger partial charge on any atom is -0.464 e. The Balaban J connectivity index is 1.32. The molecule has 0 bridgehead atoms. The van der Waals surface area contributed by atoms with Gasteiger partial charge in [-0.3, -0.25) is 9.69 Å². The fraction of sp³-hybridized carbons (Fsp3) is 0.500. The normalized spacial score (nSPS) is 21.7. The SMILES string of the molecule is C[C@@H]1C[C@H]1c1ccc(CN(C)Cc2nc3sc4c(c3c(=O)[nH]2)CCC4)o1. The second-order valence-electron chi connectivity index (χ2n) is 7.85. The molecule has 5 rings (SSSR count). The van der Waals surface area contributed by atoms with E-state index in [1.807, 2.05) is 7.05 Å². The van der Waals surface area contributed by atoms with Gasteiger partial charge in [0.25, 0.3) is 5.56 Å². The van der Waals surface area contributed by atoms with E-state index in [0.717, 1.165) is 52.7 Å². The number of furan rings is 1. The molecule has 2 atom stereocenters. The molecule has 0 saturated heterocycles. The lowest BCUT2D eigenvalue weighted by atomic mass is 10.2. The van der Waals surface area contributed by atoms with Crippen LogP contribution in [0.5, 0.6) is 0 Å². The molecule has 26 heavy (non-hydrogen) atoms. The number of nitrogens with zero attached hydrogens (tertiary/aromatic N) is 2. The van der Waals surface area contributed by atoms with Gasteiger partial charge in [-0.15, -0.1) is 11.3 Å². The molecule has 1 fully saturated rings. The number of hydrogen-bond donors (Lipinski definition) is 1. The van der Waals surface area contributed by atoms with Crippen molar-refractivity contribution in [3.63, 3.8) is 0 Å². The van der Waals surface area contributed by atoms with Gasteiger partial charge in [-0.25, -0.2) is 4.98 Å². The van der Waals surface area contributed by atoms with Crippen LogP contribution in [0.25, 0.3) is 10.2 Å². The van der Waals surface area contributed by atoms with Gasteiger partial charge in [0.2, 0.25) is 0 Å². The number of aromatic amines is 1. The molecule has 3 aromatic heterocycles. The third-order valence-corrected chi connectivity index (χ3v) is 6.81. The number of aryl methyl sites for hydroxylation is 2. The van der Waals surface area contributed by atoms with Crippen molar-refractivity contribution in [3.05, 3.63) is 50.3 Å². The number of H-pyrrole nitrogens is 1. The van der Waals surface area contributed by atoms with Crippen LogP contribution < -0.4 is 5.56 Å². The van der Waals surface area contributed by atoms with Crippen molar-refractivity contribution >= 4 is 21.6 Å². The largest absolute Gasteiger partial charge is 0.464 e. The Morgan fingerprint density at radius 2 is 2.19 bits per heavy atom. The minimum absolute atomic E-state index is 0.0146. The summed E-state index contributed by atoms with van der Waals surface area (Å²) in [5.74, 6) is 4.17. The number of aromatic nitrogens is 2. The Kier molecular flexibility index (Phi) is 3.79. The number of rotatable bonds is 5. The minimum atomic E-state index is 0.0146. The lowest BCUT2D eigenvalue weighted by Gasteiger charge is -2.14. The predicted octanol–water partition coefficient (Wildman–Crippen LogP) is 3.82. The van der Waals surface area contributed by atoms with Crippen LogP contribution in [-0.4, -0.2) is 21.9 Å². The van der Waals surface area contributed by atoms with Gasteiger partial charge in [-0.05, 0) is 56.3 Å². The Morgan fingerprint density at radius 1 is 1.35 bits per heavy atom. The van der Waals surface area contributed by atoms with Crippen molar-refractivity contribution in [2.75, 3.05) is 7.05 Å². The van der Waals surface area contributed by atoms with E-state index < -0.39 is 0 Å². The van der Waals surface area contributed by atoms with Gasteiger partial charge in [0, 0.05) is 10.8 Å². The average molecular weight is 369 g/mol. The average Bonchev–Trinajstić information content (AvgIpc) is 2.96. The van der Waals surface area contributed by atoms with Crippen LogP contribution in [0.4, 0.5) is 0 Å². The molecular formula is C20H23N3O2S. The lowest BCUT2D eigenvalue weighted by Crippen LogP contribution is -2.21. The topological polar surface area (TPSA) is 62.1 Å². The van der Waals surface area contributed by atoms with Crippen LogP contribution in [0.15, 0.2) is 21.3 Å². The maximum atomic E-state index is 12.6. The zero-order valence-corrected chi connectivity index (χ0v) is 16.0. The highest BCUT2D eigenvalue weighted by Crippen LogP contribution is 2.47. The van der Waals surface area contributed by atoms with Gasteiger partial charge < -0.3 is 9.40 Å². The lowest BCUT2D eigenvalue weighted by molar-refractivity contribution is 0.277. The third-order valence-electron chi connectivity index (χ3n) is 5.63. The number of nitrogens with one attached hydrogen (secondary N) is 1. The van der Waals surface area contributed by atoms with E-state index in [9.17, 15) is 4.79 Å². The molecule has 3 heterocycles. The van der Waals surface area contributed by atoms with E-state index in [0.29, 0.717) is 19.0 Å². The number of fused-ring (bicyclic) bond motifs is 3. The summed E-state index contributed by atoms with van der Waals surface area (Å²) >= 11 is 1.69. The van der Waals surface area contributed by atoms with Crippen molar-refractivity contribution in [3.8, 4) is 0 Å². The molecule has 0 aliphatic heterocycles. The molecule has 0 amide bonds. The first-order chi connectivity index (χ1) is 12.6. The predicted molar refractivity (Wildman–Crippen MR) is 103 cm³/mol. The highest BCUT2D eigenvalue weighted by atomic mass is 32.1. The number of hydrogen-bond acceptors (Lipinski definition) is 5. The van der Waals surface area contributed by atoms with Gasteiger partial charge in [-0.1, -0.05) is 6.92 Å². The van der Waals surface area contributed by atoms with Crippen LogP contribution in [0.3, 0.4) is 0 Å². The molecule has 136 valence electrons. The van der Waals surface area contributed by atoms with E-state index in [1.165, 1.54) is 16.9 Å². The molecule has 0 spiro atoms. The second kappa shape index (κ2) is 6.06. The van der Waals surface area contributed by atoms with Crippen LogP contribution in [0, 0.1) is 5.92 Å². The zero-order valence-electron chi connectivity index (χ0n) is 15.2. The molecule has 1 saturated carbocycles. The van der Waals surface area contributed by atoms with Crippen LogP contribution in [-0.2, 0) is 25.9 Å². The maximum Gasteiger partial charge on any atom is 0.259 e. The quantitative estimate of drug-likeness (QED) is 0.743. The monoisotopic (exact) mass is 369 g/mol. The Labute approximate surface area is 156 Å². The molecule has 5 nitrogen and oxygen atoms in total. The van der Waals surface area contributed by atoms with Gasteiger partial charge in [-0.2, -0.15) is 0 Å². The maximum absolute atomic E-state index is 12.6. The summed E-state index contributed by atoms with van der Waals surface area (Å²) in [4.78, 5) is 24.6. The second-order valence-corrected chi connectivity index (χ2v) is 8.93. The van der Waals surface area contributed by atoms with Crippen molar-refractivity contribution < 1.29 is 4.42 Å². The van der Waals surface area contributed by atoms with Gasteiger partial charge in [0.1, 0.15) is 22.2 Å². The van der Waals surface area contributed by atoms with Gasteiger partial charge in [0.05, 0.1) is 18.5 Å². The fourth-order valence-corrected chi connectivity index (χ4v) is 5.38. The fourth-order valence-electron chi connectivity index (χ4n) is 4.10. The zero-order chi connectivity index (χ0) is 17.8. The Hall–Kier alpha value is -1.92. The van der Waals surface area contributed by atoms with Crippen LogP contribution in [0.1, 0.15) is 53.5 Å². The molecule has 0 radical (unpaired) electrons. The van der Waals surface area contributed by atoms with Crippen molar-refractivity contribution in [1.82, 2.24) is 14.9 Å². The van der Waals surface area contributed by atoms with Crippen molar-refractivity contribution in [2.45, 2.75) is 51.6 Å². The van der Waals surface area contributed by atoms with Gasteiger partial charge >= 0.3 is 0 Å². The highest BCUT2D eigenvalue weighted by Gasteiger charge is 2.36. The number of thiophene rings is 1. The molecule has 0 aromatic carbocycles. The van der Waals surface area contributed by atoms with Crippen LogP contribution >= 0.6 is 11.3 Å². The first-order valence-electron chi connectivity index (χ1n) is 9.39. The summed E-state index contributed by atoms with van der Waals surface area (Å²) in [6.45, 7) is 3.57. The molecule has 2 aliphatic carbocycles. The summed E-state index contributed by atoms with van der Waals surface area (Å²) in [5, 5.41) is 0.822. The van der Waals surface area contributed by atoms with Gasteiger partial charge in [0.15, 0.2) is 0 Å². The van der Waals surface area contributed by atoms with Crippen LogP contribution in [0.2, 0.25) is 0 Å². The Bertz CT molecular complexity index is 1030. The summed E-state index contributed by atoms with van der Waals surface area (Å²) in [5.41, 5.74) is 1.25. The molecule has 6 heteroatoms. The van der Waals surface area contributed by atoms with E-state index in [2.05, 4.69) is 28.9 Å².